The van der Waals surface area contributed by atoms with E-state index in [1.165, 1.54) is 38.5 Å². The number of nitriles is 1. The molecule has 0 amide bonds. The number of nitrogens with zero attached hydrogens (tertiary/aromatic N) is 1. The number of benzene rings is 1. The van der Waals surface area contributed by atoms with Crippen LogP contribution in [-0.2, 0) is 4.74 Å². The van der Waals surface area contributed by atoms with Crippen LogP contribution in [-0.4, -0.2) is 19.3 Å². The predicted octanol–water partition coefficient (Wildman–Crippen LogP) is 4.07. The van der Waals surface area contributed by atoms with Crippen LogP contribution < -0.4 is 4.74 Å². The van der Waals surface area contributed by atoms with Crippen LogP contribution in [0, 0.1) is 11.3 Å². The summed E-state index contributed by atoms with van der Waals surface area (Å²) in [4.78, 5) is 0. The van der Waals surface area contributed by atoms with Crippen molar-refractivity contribution in [2.24, 2.45) is 0 Å². The van der Waals surface area contributed by atoms with E-state index in [0.29, 0.717) is 24.0 Å². The van der Waals surface area contributed by atoms with Gasteiger partial charge >= 0.3 is 0 Å². The molecule has 0 atom stereocenters. The van der Waals surface area contributed by atoms with E-state index in [1.54, 1.807) is 6.07 Å². The molecule has 0 aliphatic heterocycles. The zero-order valence-corrected chi connectivity index (χ0v) is 12.0. The molecule has 0 heterocycles. The lowest BCUT2D eigenvalue weighted by atomic mass is 10.1. The van der Waals surface area contributed by atoms with E-state index in [2.05, 4.69) is 6.07 Å². The lowest BCUT2D eigenvalue weighted by Crippen LogP contribution is -2.14. The molecule has 0 saturated heterocycles. The van der Waals surface area contributed by atoms with Gasteiger partial charge in [0.05, 0.1) is 24.9 Å². The minimum Gasteiger partial charge on any atom is -0.492 e. The van der Waals surface area contributed by atoms with Crippen molar-refractivity contribution in [1.82, 2.24) is 0 Å². The molecule has 3 nitrogen and oxygen atoms in total. The monoisotopic (exact) mass is 273 g/mol. The van der Waals surface area contributed by atoms with E-state index in [4.69, 9.17) is 14.7 Å². The highest BCUT2D eigenvalue weighted by Gasteiger charge is 2.12. The van der Waals surface area contributed by atoms with E-state index in [-0.39, 0.29) is 0 Å². The Balaban J connectivity index is 1.63. The summed E-state index contributed by atoms with van der Waals surface area (Å²) in [6.45, 7) is 1.35. The Hall–Kier alpha value is -1.53. The lowest BCUT2D eigenvalue weighted by molar-refractivity contribution is 0.0364. The quantitative estimate of drug-likeness (QED) is 0.579. The highest BCUT2D eigenvalue weighted by Crippen LogP contribution is 2.20. The van der Waals surface area contributed by atoms with Gasteiger partial charge in [0, 0.05) is 6.42 Å². The molecule has 1 aliphatic rings. The molecule has 0 unspecified atom stereocenters. The maximum absolute atomic E-state index is 8.96. The van der Waals surface area contributed by atoms with Gasteiger partial charge in [-0.25, -0.2) is 0 Å². The third kappa shape index (κ3) is 4.86. The molecule has 0 radical (unpaired) electrons. The van der Waals surface area contributed by atoms with Gasteiger partial charge in [-0.05, 0) is 25.0 Å². The van der Waals surface area contributed by atoms with Gasteiger partial charge < -0.3 is 9.47 Å². The van der Waals surface area contributed by atoms with E-state index in [9.17, 15) is 0 Å². The van der Waals surface area contributed by atoms with Crippen LogP contribution >= 0.6 is 0 Å². The Bertz CT molecular complexity index is 431. The van der Waals surface area contributed by atoms with Crippen LogP contribution in [0.5, 0.6) is 5.75 Å². The van der Waals surface area contributed by atoms with Gasteiger partial charge in [0.25, 0.3) is 0 Å². The zero-order chi connectivity index (χ0) is 14.0. The van der Waals surface area contributed by atoms with Crippen LogP contribution in [0.15, 0.2) is 24.3 Å². The van der Waals surface area contributed by atoms with Gasteiger partial charge in [0.15, 0.2) is 0 Å². The van der Waals surface area contributed by atoms with Gasteiger partial charge in [0.1, 0.15) is 11.8 Å². The topological polar surface area (TPSA) is 42.2 Å². The first-order valence-electron chi connectivity index (χ1n) is 7.63. The molecular weight excluding hydrogens is 250 g/mol. The molecule has 1 aromatic carbocycles. The van der Waals surface area contributed by atoms with E-state index < -0.39 is 0 Å². The second-order valence-corrected chi connectivity index (χ2v) is 5.29. The summed E-state index contributed by atoms with van der Waals surface area (Å²) in [6, 6.07) is 9.49. The maximum atomic E-state index is 8.96. The summed E-state index contributed by atoms with van der Waals surface area (Å²) in [5.74, 6) is 0.671. The molecule has 108 valence electrons. The first-order chi connectivity index (χ1) is 9.90. The van der Waals surface area contributed by atoms with Crippen LogP contribution in [0.3, 0.4) is 0 Å². The summed E-state index contributed by atoms with van der Waals surface area (Å²) >= 11 is 0. The molecule has 3 heteroatoms. The van der Waals surface area contributed by atoms with Gasteiger partial charge in [-0.3, -0.25) is 0 Å². The summed E-state index contributed by atoms with van der Waals surface area (Å²) in [5.41, 5.74) is 0.595. The second-order valence-electron chi connectivity index (χ2n) is 5.29. The van der Waals surface area contributed by atoms with Crippen molar-refractivity contribution in [2.45, 2.75) is 51.0 Å². The fourth-order valence-electron chi connectivity index (χ4n) is 2.58. The predicted molar refractivity (Wildman–Crippen MR) is 78.7 cm³/mol. The van der Waals surface area contributed by atoms with Crippen LogP contribution in [0.4, 0.5) is 0 Å². The molecule has 2 rings (SSSR count). The van der Waals surface area contributed by atoms with Crippen molar-refractivity contribution in [3.63, 3.8) is 0 Å². The minimum atomic E-state index is 0.448. The number of rotatable bonds is 6. The van der Waals surface area contributed by atoms with E-state index in [0.717, 1.165) is 13.0 Å². The Morgan fingerprint density at radius 3 is 2.55 bits per heavy atom. The summed E-state index contributed by atoms with van der Waals surface area (Å²) in [6.07, 6.45) is 9.05. The van der Waals surface area contributed by atoms with Crippen molar-refractivity contribution in [3.8, 4) is 11.8 Å². The minimum absolute atomic E-state index is 0.448. The number of hydrogen-bond acceptors (Lipinski definition) is 3. The van der Waals surface area contributed by atoms with Crippen LogP contribution in [0.2, 0.25) is 0 Å². The lowest BCUT2D eigenvalue weighted by Gasteiger charge is -2.15. The average Bonchev–Trinajstić information content (AvgIpc) is 2.76. The Kier molecular flexibility index (Phi) is 6.40. The molecule has 1 aromatic rings. The van der Waals surface area contributed by atoms with Crippen LogP contribution in [0.1, 0.15) is 50.5 Å². The molecule has 1 fully saturated rings. The van der Waals surface area contributed by atoms with Crippen molar-refractivity contribution in [2.75, 3.05) is 13.2 Å². The normalized spacial score (nSPS) is 16.4. The van der Waals surface area contributed by atoms with Gasteiger partial charge in [-0.1, -0.05) is 37.8 Å². The Morgan fingerprint density at radius 2 is 1.80 bits per heavy atom. The number of hydrogen-bond donors (Lipinski definition) is 0. The molecule has 1 aliphatic carbocycles. The van der Waals surface area contributed by atoms with E-state index in [1.807, 2.05) is 18.2 Å². The third-order valence-corrected chi connectivity index (χ3v) is 3.71. The highest BCUT2D eigenvalue weighted by atomic mass is 16.5. The van der Waals surface area contributed by atoms with Crippen molar-refractivity contribution in [3.05, 3.63) is 29.8 Å². The highest BCUT2D eigenvalue weighted by molar-refractivity contribution is 5.42. The van der Waals surface area contributed by atoms with E-state index >= 15 is 0 Å². The second kappa shape index (κ2) is 8.60. The Labute approximate surface area is 121 Å². The van der Waals surface area contributed by atoms with Gasteiger partial charge in [-0.15, -0.1) is 0 Å². The molecule has 20 heavy (non-hydrogen) atoms. The fraction of sp³-hybridized carbons (Fsp3) is 0.588. The molecular formula is C17H23NO2. The number of ether oxygens (including phenoxy) is 2. The van der Waals surface area contributed by atoms with Crippen LogP contribution in [0.25, 0.3) is 0 Å². The smallest absolute Gasteiger partial charge is 0.137 e. The molecule has 0 spiro atoms. The molecule has 0 aromatic heterocycles. The molecule has 1 saturated carbocycles. The van der Waals surface area contributed by atoms with Crippen molar-refractivity contribution < 1.29 is 9.47 Å². The fourth-order valence-corrected chi connectivity index (χ4v) is 2.58. The SMILES string of the molecule is N#Cc1ccccc1OCCCOC1CCCCCC1. The first kappa shape index (κ1) is 14.9. The Morgan fingerprint density at radius 1 is 1.05 bits per heavy atom. The van der Waals surface area contributed by atoms with Gasteiger partial charge in [-0.2, -0.15) is 5.26 Å². The summed E-state index contributed by atoms with van der Waals surface area (Å²) < 4.78 is 11.6. The van der Waals surface area contributed by atoms with Gasteiger partial charge in [0.2, 0.25) is 0 Å². The summed E-state index contributed by atoms with van der Waals surface area (Å²) in [7, 11) is 0. The third-order valence-electron chi connectivity index (χ3n) is 3.71. The largest absolute Gasteiger partial charge is 0.492 e. The molecule has 0 bridgehead atoms. The summed E-state index contributed by atoms with van der Waals surface area (Å²) in [5, 5.41) is 8.96. The first-order valence-corrected chi connectivity index (χ1v) is 7.63. The number of para-hydroxylation sites is 1. The molecule has 0 N–H and O–H groups in total. The average molecular weight is 273 g/mol. The maximum Gasteiger partial charge on any atom is 0.137 e. The van der Waals surface area contributed by atoms with Crippen molar-refractivity contribution in [1.29, 1.82) is 5.26 Å². The van der Waals surface area contributed by atoms with Crippen molar-refractivity contribution >= 4 is 0 Å². The standard InChI is InChI=1S/C17H23NO2/c18-14-15-8-5-6-11-17(15)20-13-7-12-19-16-9-3-1-2-4-10-16/h5-6,8,11,16H,1-4,7,9-10,12-13H2. The zero-order valence-electron chi connectivity index (χ0n) is 12.0.